The predicted molar refractivity (Wildman–Crippen MR) is 156 cm³/mol. The quantitative estimate of drug-likeness (QED) is 0.155. The van der Waals surface area contributed by atoms with E-state index in [-0.39, 0.29) is 45.9 Å². The van der Waals surface area contributed by atoms with Crippen molar-refractivity contribution >= 4 is 70.9 Å². The lowest BCUT2D eigenvalue weighted by molar-refractivity contribution is -0.159. The van der Waals surface area contributed by atoms with E-state index < -0.39 is 52.7 Å². The van der Waals surface area contributed by atoms with Gasteiger partial charge in [-0.05, 0) is 31.9 Å². The zero-order chi connectivity index (χ0) is 32.3. The van der Waals surface area contributed by atoms with Crippen molar-refractivity contribution < 1.29 is 49.2 Å². The Bertz CT molecular complexity index is 1350. The second-order valence-corrected chi connectivity index (χ2v) is 14.8. The van der Waals surface area contributed by atoms with Crippen LogP contribution in [-0.2, 0) is 28.8 Å². The summed E-state index contributed by atoms with van der Waals surface area (Å²) >= 11 is 4.36. The molecule has 0 aromatic rings. The average molecular weight is 661 g/mol. The van der Waals surface area contributed by atoms with Gasteiger partial charge in [-0.15, -0.1) is 35.3 Å². The normalized spacial score (nSPS) is 33.4. The van der Waals surface area contributed by atoms with Crippen molar-refractivity contribution in [1.82, 2.24) is 14.7 Å². The molecule has 6 rings (SSSR count). The first-order chi connectivity index (χ1) is 20.0. The van der Waals surface area contributed by atoms with Crippen LogP contribution in [0.4, 0.5) is 0 Å². The van der Waals surface area contributed by atoms with Gasteiger partial charge in [0.15, 0.2) is 0 Å². The zero-order valence-corrected chi connectivity index (χ0v) is 25.6. The molecule has 16 nitrogen and oxygen atoms in total. The van der Waals surface area contributed by atoms with E-state index in [2.05, 4.69) is 0 Å². The number of amides is 3. The van der Waals surface area contributed by atoms with E-state index in [1.807, 2.05) is 13.8 Å². The van der Waals surface area contributed by atoms with Crippen molar-refractivity contribution in [2.24, 2.45) is 17.2 Å². The molecule has 4 fully saturated rings. The minimum atomic E-state index is -1.19. The number of β-lactam (4-membered cyclic amide) rings is 3. The summed E-state index contributed by atoms with van der Waals surface area (Å²) in [7, 11) is 0. The van der Waals surface area contributed by atoms with Gasteiger partial charge in [-0.3, -0.25) is 24.2 Å². The van der Waals surface area contributed by atoms with E-state index in [0.29, 0.717) is 17.1 Å². The van der Waals surface area contributed by atoms with E-state index in [1.165, 1.54) is 45.1 Å². The van der Waals surface area contributed by atoms with Crippen LogP contribution in [0.1, 0.15) is 20.8 Å². The number of hydrogen-bond acceptors (Lipinski definition) is 13. The number of aliphatic hydroxyl groups excluding tert-OH is 1. The first-order valence-corrected chi connectivity index (χ1v) is 15.8. The summed E-state index contributed by atoms with van der Waals surface area (Å²) in [5.41, 5.74) is 17.8. The number of carbonyl (C=O) groups excluding carboxylic acids is 3. The lowest BCUT2D eigenvalue weighted by Crippen LogP contribution is -2.68. The first-order valence-electron chi connectivity index (χ1n) is 12.9. The fraction of sp³-hybridized carbons (Fsp3) is 0.583. The van der Waals surface area contributed by atoms with Gasteiger partial charge in [0, 0.05) is 16.3 Å². The third-order valence-corrected chi connectivity index (χ3v) is 12.0. The van der Waals surface area contributed by atoms with Gasteiger partial charge in [0.05, 0.1) is 6.61 Å². The first kappa shape index (κ1) is 33.1. The molecule has 0 bridgehead atoms. The summed E-state index contributed by atoms with van der Waals surface area (Å²) in [6.07, 6.45) is 0. The second-order valence-electron chi connectivity index (χ2n) is 10.8. The number of carboxylic acids is 3. The van der Waals surface area contributed by atoms with Crippen LogP contribution in [0, 0.1) is 0 Å². The van der Waals surface area contributed by atoms with Gasteiger partial charge >= 0.3 is 17.9 Å². The van der Waals surface area contributed by atoms with Crippen LogP contribution >= 0.6 is 35.3 Å². The highest BCUT2D eigenvalue weighted by atomic mass is 32.2. The predicted octanol–water partition coefficient (Wildman–Crippen LogP) is -2.39. The fourth-order valence-corrected chi connectivity index (χ4v) is 9.50. The molecule has 4 saturated heterocycles. The number of fused-ring (bicyclic) bond motifs is 3. The van der Waals surface area contributed by atoms with Crippen molar-refractivity contribution in [1.29, 1.82) is 0 Å². The monoisotopic (exact) mass is 660 g/mol. The Hall–Kier alpha value is -2.81. The number of nitrogens with two attached hydrogens (primary N) is 3. The Morgan fingerprint density at radius 2 is 1.28 bits per heavy atom. The number of carbonyl (C=O) groups is 6. The number of hydrogen-bond donors (Lipinski definition) is 7. The van der Waals surface area contributed by atoms with Gasteiger partial charge < -0.3 is 42.5 Å². The lowest BCUT2D eigenvalue weighted by atomic mass is 9.96. The van der Waals surface area contributed by atoms with E-state index in [9.17, 15) is 28.8 Å². The molecule has 0 radical (unpaired) electrons. The molecule has 6 heterocycles. The van der Waals surface area contributed by atoms with Gasteiger partial charge in [-0.1, -0.05) is 0 Å². The molecular formula is C24H32N6O10S3. The number of aliphatic carboxylic acids is 3. The topological polar surface area (TPSA) is 271 Å². The van der Waals surface area contributed by atoms with Crippen LogP contribution in [0.3, 0.4) is 0 Å². The molecule has 10 N–H and O–H groups in total. The second kappa shape index (κ2) is 11.9. The van der Waals surface area contributed by atoms with Crippen molar-refractivity contribution in [2.45, 2.75) is 65.8 Å². The van der Waals surface area contributed by atoms with E-state index in [0.717, 1.165) is 10.5 Å². The van der Waals surface area contributed by atoms with Crippen LogP contribution in [-0.4, -0.2) is 134 Å². The lowest BCUT2D eigenvalue weighted by Gasteiger charge is -2.47. The summed E-state index contributed by atoms with van der Waals surface area (Å²) < 4.78 is -0.458. The third-order valence-electron chi connectivity index (χ3n) is 7.60. The molecule has 6 aliphatic rings. The Morgan fingerprint density at radius 1 is 0.814 bits per heavy atom. The number of rotatable bonds is 4. The van der Waals surface area contributed by atoms with Crippen LogP contribution in [0.25, 0.3) is 0 Å². The minimum absolute atomic E-state index is 0.104. The van der Waals surface area contributed by atoms with E-state index in [1.54, 1.807) is 6.92 Å². The number of nitrogens with zero attached hydrogens (tertiary/aromatic N) is 3. The van der Waals surface area contributed by atoms with Crippen LogP contribution < -0.4 is 17.2 Å². The minimum Gasteiger partial charge on any atom is -0.480 e. The zero-order valence-electron chi connectivity index (χ0n) is 23.2. The maximum Gasteiger partial charge on any atom is 0.352 e. The maximum atomic E-state index is 11.4. The summed E-state index contributed by atoms with van der Waals surface area (Å²) in [4.78, 5) is 70.8. The van der Waals surface area contributed by atoms with Gasteiger partial charge in [0.2, 0.25) is 17.7 Å². The van der Waals surface area contributed by atoms with Gasteiger partial charge in [0.1, 0.15) is 51.7 Å². The highest BCUT2D eigenvalue weighted by Gasteiger charge is 2.62. The molecule has 0 unspecified atom stereocenters. The highest BCUT2D eigenvalue weighted by Crippen LogP contribution is 2.50. The average Bonchev–Trinajstić information content (AvgIpc) is 3.23. The summed E-state index contributed by atoms with van der Waals surface area (Å²) in [6, 6.07) is -2.43. The molecule has 0 spiro atoms. The number of aliphatic hydroxyl groups is 1. The van der Waals surface area contributed by atoms with Crippen molar-refractivity contribution in [2.75, 3.05) is 18.1 Å². The number of carboxylic acid groups (broad SMARTS) is 3. The summed E-state index contributed by atoms with van der Waals surface area (Å²) in [5.74, 6) is -3.10. The Morgan fingerprint density at radius 3 is 1.74 bits per heavy atom. The number of thioether (sulfide) groups is 3. The molecule has 0 aromatic carbocycles. The molecule has 19 heteroatoms. The van der Waals surface area contributed by atoms with Gasteiger partial charge in [-0.25, -0.2) is 14.4 Å². The molecule has 0 aromatic heterocycles. The largest absolute Gasteiger partial charge is 0.480 e. The van der Waals surface area contributed by atoms with E-state index in [4.69, 9.17) is 37.6 Å². The SMILES string of the molecule is CC1(C)S[C@@H]2[C@H](N)C(=O)N2[C@H]1C(=O)O.CC1=C(C(=O)O)N2C(=O)[C@@H](N)[C@H]2SC1.N[C@@H]1C(=O)N2C(C(=O)O)=C(CO)CS[C@H]12. The molecule has 6 aliphatic heterocycles. The Labute approximate surface area is 258 Å². The Balaban J connectivity index is 0.000000148. The summed E-state index contributed by atoms with van der Waals surface area (Å²) in [6.45, 7) is 5.04. The maximum absolute atomic E-state index is 11.4. The van der Waals surface area contributed by atoms with Crippen LogP contribution in [0.2, 0.25) is 0 Å². The van der Waals surface area contributed by atoms with Crippen LogP contribution in [0.15, 0.2) is 22.5 Å². The fourth-order valence-electron chi connectivity index (χ4n) is 5.42. The standard InChI is InChI=1S/C8H10N2O4S.C8H12N2O3S.C8H10N2O3S/c9-4-6(12)10-5(8(13)14)3(1-11)2-15-7(4)10;1-8(2)4(7(12)13)10-5(11)3(9)6(10)14-8;1-3-2-14-7-4(9)6(11)10(7)5(3)8(12)13/h4,7,11H,1-2,9H2,(H,13,14);3-4,6H,9H2,1-2H3,(H,12,13);4,7H,2,9H2,1H3,(H,12,13)/t4-,7-;3-,4+,6-;4-,7-/m111/s1. The van der Waals surface area contributed by atoms with Crippen LogP contribution in [0.5, 0.6) is 0 Å². The molecule has 7 atom stereocenters. The van der Waals surface area contributed by atoms with Crippen molar-refractivity contribution in [3.8, 4) is 0 Å². The summed E-state index contributed by atoms with van der Waals surface area (Å²) in [5, 5.41) is 35.3. The molecule has 0 saturated carbocycles. The molecule has 43 heavy (non-hydrogen) atoms. The van der Waals surface area contributed by atoms with Gasteiger partial charge in [0.25, 0.3) is 0 Å². The van der Waals surface area contributed by atoms with Gasteiger partial charge in [-0.2, -0.15) is 0 Å². The molecule has 236 valence electrons. The van der Waals surface area contributed by atoms with Crippen molar-refractivity contribution in [3.05, 3.63) is 22.5 Å². The smallest absolute Gasteiger partial charge is 0.352 e. The third kappa shape index (κ3) is 5.40. The molecule has 3 amide bonds. The molecular weight excluding hydrogens is 628 g/mol. The molecule has 0 aliphatic carbocycles. The Kier molecular flexibility index (Phi) is 9.19. The highest BCUT2D eigenvalue weighted by molar-refractivity contribution is 8.01. The van der Waals surface area contributed by atoms with E-state index >= 15 is 0 Å². The van der Waals surface area contributed by atoms with Crippen molar-refractivity contribution in [3.63, 3.8) is 0 Å².